The summed E-state index contributed by atoms with van der Waals surface area (Å²) in [7, 11) is 0. The normalized spacial score (nSPS) is 42.8. The van der Waals surface area contributed by atoms with E-state index in [1.165, 1.54) is 6.08 Å². The highest BCUT2D eigenvalue weighted by Crippen LogP contribution is 2.87. The highest BCUT2D eigenvalue weighted by Gasteiger charge is 2.97. The number of benzene rings is 1. The molecule has 25 heavy (non-hydrogen) atoms. The number of fused-ring (bicyclic) bond motifs is 4. The quantitative estimate of drug-likeness (QED) is 0.781. The predicted molar refractivity (Wildman–Crippen MR) is 84.7 cm³/mol. The number of carbonyl (C=O) groups is 1. The summed E-state index contributed by atoms with van der Waals surface area (Å²) in [4.78, 5) is 12.4. The van der Waals surface area contributed by atoms with Crippen LogP contribution in [0.5, 0.6) is 0 Å². The van der Waals surface area contributed by atoms with Gasteiger partial charge in [-0.15, -0.1) is 0 Å². The number of halogens is 3. The van der Waals surface area contributed by atoms with E-state index in [0.717, 1.165) is 19.3 Å². The second-order valence-corrected chi connectivity index (χ2v) is 7.66. The first-order valence-corrected chi connectivity index (χ1v) is 8.73. The van der Waals surface area contributed by atoms with Crippen molar-refractivity contribution in [3.63, 3.8) is 0 Å². The fraction of sp³-hybridized carbons (Fsp3) is 0.526. The molecule has 6 atom stereocenters. The minimum atomic E-state index is -4.40. The van der Waals surface area contributed by atoms with Crippen LogP contribution in [0.15, 0.2) is 42.5 Å². The van der Waals surface area contributed by atoms with E-state index in [1.807, 2.05) is 0 Å². The van der Waals surface area contributed by atoms with Crippen molar-refractivity contribution in [2.24, 2.45) is 29.1 Å². The minimum Gasteiger partial charge on any atom is -0.440 e. The molecule has 3 nitrogen and oxygen atoms in total. The van der Waals surface area contributed by atoms with Crippen molar-refractivity contribution < 1.29 is 22.7 Å². The Morgan fingerprint density at radius 3 is 2.60 bits per heavy atom. The molecule has 4 aliphatic carbocycles. The fourth-order valence-electron chi connectivity index (χ4n) is 6.16. The number of hydrogen-bond acceptors (Lipinski definition) is 2. The van der Waals surface area contributed by atoms with Crippen molar-refractivity contribution in [3.05, 3.63) is 42.5 Å². The van der Waals surface area contributed by atoms with Crippen LogP contribution < -0.4 is 5.32 Å². The van der Waals surface area contributed by atoms with Crippen LogP contribution in [0.2, 0.25) is 0 Å². The van der Waals surface area contributed by atoms with Crippen LogP contribution in [-0.4, -0.2) is 17.9 Å². The molecule has 0 aliphatic heterocycles. The first-order chi connectivity index (χ1) is 11.9. The number of amides is 1. The molecular formula is C19H18F3NO2. The molecule has 132 valence electrons. The van der Waals surface area contributed by atoms with E-state index in [9.17, 15) is 18.0 Å². The number of para-hydroxylation sites is 1. The van der Waals surface area contributed by atoms with Gasteiger partial charge in [0.15, 0.2) is 0 Å². The second kappa shape index (κ2) is 4.59. The van der Waals surface area contributed by atoms with Crippen molar-refractivity contribution in [1.29, 1.82) is 0 Å². The van der Waals surface area contributed by atoms with E-state index >= 15 is 0 Å². The molecule has 4 aliphatic rings. The maximum Gasteiger partial charge on any atom is 0.412 e. The number of alkyl halides is 3. The third kappa shape index (κ3) is 1.66. The Kier molecular flexibility index (Phi) is 2.81. The highest BCUT2D eigenvalue weighted by atomic mass is 19.4. The van der Waals surface area contributed by atoms with Gasteiger partial charge in [0.05, 0.1) is 0 Å². The standard InChI is InChI=1S/C19H18F3NO2/c20-19(21,22)17-10-9-14-12-7-4-8-13(12)15(17)18(14,17)25-16(24)23-11-5-2-1-3-6-11/h1-3,5-6,9-10,12-15H,4,7-8H2,(H,23,24)/t12-,13?,14?,15?,17?,18?/m1/s1. The Balaban J connectivity index is 1.46. The van der Waals surface area contributed by atoms with Crippen molar-refractivity contribution in [3.8, 4) is 0 Å². The molecule has 0 aromatic heterocycles. The third-order valence-electron chi connectivity index (χ3n) is 6.84. The molecule has 1 aromatic rings. The van der Waals surface area contributed by atoms with Gasteiger partial charge in [-0.1, -0.05) is 36.8 Å². The van der Waals surface area contributed by atoms with Gasteiger partial charge in [-0.2, -0.15) is 13.2 Å². The molecule has 0 bridgehead atoms. The molecule has 5 unspecified atom stereocenters. The van der Waals surface area contributed by atoms with E-state index in [4.69, 9.17) is 4.74 Å². The Bertz CT molecular complexity index is 762. The highest BCUT2D eigenvalue weighted by molar-refractivity contribution is 5.85. The van der Waals surface area contributed by atoms with E-state index in [1.54, 1.807) is 36.4 Å². The van der Waals surface area contributed by atoms with Crippen LogP contribution in [0.4, 0.5) is 23.7 Å². The van der Waals surface area contributed by atoms with Crippen LogP contribution in [0.3, 0.4) is 0 Å². The maximum atomic E-state index is 14.0. The summed E-state index contributed by atoms with van der Waals surface area (Å²) in [6, 6.07) is 8.65. The van der Waals surface area contributed by atoms with Crippen molar-refractivity contribution in [2.45, 2.75) is 31.0 Å². The summed E-state index contributed by atoms with van der Waals surface area (Å²) in [6.45, 7) is 0. The third-order valence-corrected chi connectivity index (χ3v) is 6.84. The molecule has 5 rings (SSSR count). The lowest BCUT2D eigenvalue weighted by Crippen LogP contribution is -2.40. The van der Waals surface area contributed by atoms with E-state index in [0.29, 0.717) is 5.69 Å². The molecule has 0 saturated heterocycles. The van der Waals surface area contributed by atoms with Gasteiger partial charge < -0.3 is 4.74 Å². The maximum absolute atomic E-state index is 14.0. The van der Waals surface area contributed by atoms with Crippen molar-refractivity contribution in [1.82, 2.24) is 0 Å². The van der Waals surface area contributed by atoms with E-state index < -0.39 is 29.2 Å². The minimum absolute atomic E-state index is 0.00569. The number of rotatable bonds is 2. The summed E-state index contributed by atoms with van der Waals surface area (Å²) in [6.07, 6.45) is 0.453. The molecule has 3 saturated carbocycles. The van der Waals surface area contributed by atoms with Gasteiger partial charge in [0, 0.05) is 17.5 Å². The van der Waals surface area contributed by atoms with Crippen LogP contribution >= 0.6 is 0 Å². The number of carbonyl (C=O) groups excluding carboxylic acids is 1. The molecule has 1 aromatic carbocycles. The van der Waals surface area contributed by atoms with Crippen LogP contribution in [0.1, 0.15) is 19.3 Å². The molecule has 0 radical (unpaired) electrons. The van der Waals surface area contributed by atoms with Crippen LogP contribution in [-0.2, 0) is 4.74 Å². The average Bonchev–Trinajstić information content (AvgIpc) is 2.85. The number of hydrogen-bond donors (Lipinski definition) is 1. The van der Waals surface area contributed by atoms with Crippen molar-refractivity contribution >= 4 is 11.8 Å². The van der Waals surface area contributed by atoms with Gasteiger partial charge in [0.1, 0.15) is 11.0 Å². The summed E-state index contributed by atoms with van der Waals surface area (Å²) >= 11 is 0. The average molecular weight is 349 g/mol. The zero-order chi connectivity index (χ0) is 17.4. The molecule has 1 amide bonds. The summed E-state index contributed by atoms with van der Waals surface area (Å²) < 4.78 is 47.5. The van der Waals surface area contributed by atoms with Gasteiger partial charge >= 0.3 is 12.3 Å². The lowest BCUT2D eigenvalue weighted by atomic mass is 9.82. The predicted octanol–water partition coefficient (Wildman–Crippen LogP) is 4.77. The largest absolute Gasteiger partial charge is 0.440 e. The fourth-order valence-corrected chi connectivity index (χ4v) is 6.16. The SMILES string of the molecule is O=C(Nc1ccccc1)OC12C3C=CC1(C(F)(F)F)C2C1CCC[C@H]13. The first-order valence-electron chi connectivity index (χ1n) is 8.73. The molecule has 1 N–H and O–H groups in total. The Morgan fingerprint density at radius 1 is 1.16 bits per heavy atom. The molecule has 0 heterocycles. The topological polar surface area (TPSA) is 38.3 Å². The second-order valence-electron chi connectivity index (χ2n) is 7.66. The zero-order valence-corrected chi connectivity index (χ0v) is 13.4. The lowest BCUT2D eigenvalue weighted by molar-refractivity contribution is -0.197. The monoisotopic (exact) mass is 349 g/mol. The van der Waals surface area contributed by atoms with E-state index in [-0.39, 0.29) is 17.8 Å². The molecule has 0 spiro atoms. The van der Waals surface area contributed by atoms with Gasteiger partial charge in [-0.25, -0.2) is 4.79 Å². The summed E-state index contributed by atoms with van der Waals surface area (Å²) in [5.41, 5.74) is -2.90. The van der Waals surface area contributed by atoms with Gasteiger partial charge in [-0.3, -0.25) is 5.32 Å². The van der Waals surface area contributed by atoms with Crippen LogP contribution in [0, 0.1) is 29.1 Å². The number of anilines is 1. The van der Waals surface area contributed by atoms with Gasteiger partial charge in [-0.05, 0) is 36.8 Å². The Hall–Kier alpha value is -1.98. The lowest BCUT2D eigenvalue weighted by Gasteiger charge is -2.29. The number of ether oxygens (including phenoxy) is 1. The van der Waals surface area contributed by atoms with Crippen LogP contribution in [0.25, 0.3) is 0 Å². The van der Waals surface area contributed by atoms with Gasteiger partial charge in [0.25, 0.3) is 0 Å². The first kappa shape index (κ1) is 15.3. The molecule has 3 fully saturated rings. The Labute approximate surface area is 143 Å². The smallest absolute Gasteiger partial charge is 0.412 e. The number of nitrogens with one attached hydrogen (secondary N) is 1. The summed E-state index contributed by atoms with van der Waals surface area (Å²) in [5, 5.41) is 2.57. The zero-order valence-electron chi connectivity index (χ0n) is 13.4. The van der Waals surface area contributed by atoms with E-state index in [2.05, 4.69) is 5.32 Å². The van der Waals surface area contributed by atoms with Crippen molar-refractivity contribution in [2.75, 3.05) is 5.32 Å². The summed E-state index contributed by atoms with van der Waals surface area (Å²) in [5.74, 6) is -0.716. The Morgan fingerprint density at radius 2 is 1.88 bits per heavy atom. The molecule has 6 heteroatoms. The van der Waals surface area contributed by atoms with Gasteiger partial charge in [0.2, 0.25) is 0 Å². The molecular weight excluding hydrogens is 331 g/mol.